The van der Waals surface area contributed by atoms with E-state index in [-0.39, 0.29) is 5.56 Å². The van der Waals surface area contributed by atoms with Crippen LogP contribution in [0.2, 0.25) is 0 Å². The van der Waals surface area contributed by atoms with E-state index in [4.69, 9.17) is 9.84 Å². The lowest BCUT2D eigenvalue weighted by atomic mass is 10.2. The van der Waals surface area contributed by atoms with Crippen LogP contribution in [-0.2, 0) is 11.2 Å². The number of carbonyl (C=O) groups is 1. The van der Waals surface area contributed by atoms with Gasteiger partial charge < -0.3 is 15.2 Å². The number of rotatable bonds is 5. The minimum absolute atomic E-state index is 0.288. The molecule has 1 aromatic rings. The molecule has 2 rings (SSSR count). The van der Waals surface area contributed by atoms with Gasteiger partial charge in [0, 0.05) is 18.8 Å². The number of carboxylic acid groups (broad SMARTS) is 1. The standard InChI is InChI=1S/C14H20N2O3/c1-3-10-6-9(14(17)18)7-13(15-10)16-11-4-5-12(8-11)19-2/h6-7,11-12H,3-5,8H2,1-2H3,(H,15,16)(H,17,18). The molecule has 2 N–H and O–H groups in total. The highest BCUT2D eigenvalue weighted by Crippen LogP contribution is 2.24. The Balaban J connectivity index is 2.11. The van der Waals surface area contributed by atoms with Crippen LogP contribution in [0, 0.1) is 0 Å². The number of aromatic nitrogens is 1. The second kappa shape index (κ2) is 6.02. The van der Waals surface area contributed by atoms with E-state index < -0.39 is 5.97 Å². The highest BCUT2D eigenvalue weighted by Gasteiger charge is 2.24. The number of nitrogens with one attached hydrogen (secondary N) is 1. The van der Waals surface area contributed by atoms with E-state index in [1.807, 2.05) is 6.92 Å². The van der Waals surface area contributed by atoms with Crippen molar-refractivity contribution in [3.8, 4) is 0 Å². The first-order chi connectivity index (χ1) is 9.12. The Morgan fingerprint density at radius 1 is 1.53 bits per heavy atom. The van der Waals surface area contributed by atoms with E-state index in [1.54, 1.807) is 19.2 Å². The van der Waals surface area contributed by atoms with E-state index in [9.17, 15) is 4.79 Å². The third-order valence-electron chi connectivity index (χ3n) is 3.56. The number of nitrogens with zero attached hydrogens (tertiary/aromatic N) is 1. The summed E-state index contributed by atoms with van der Waals surface area (Å²) in [7, 11) is 1.73. The van der Waals surface area contributed by atoms with Gasteiger partial charge in [0.2, 0.25) is 0 Å². The minimum atomic E-state index is -0.915. The molecule has 1 aromatic heterocycles. The molecule has 5 heteroatoms. The molecule has 0 aromatic carbocycles. The van der Waals surface area contributed by atoms with E-state index in [2.05, 4.69) is 10.3 Å². The molecule has 0 radical (unpaired) electrons. The van der Waals surface area contributed by atoms with Crippen molar-refractivity contribution >= 4 is 11.8 Å². The maximum absolute atomic E-state index is 11.1. The number of methoxy groups -OCH3 is 1. The lowest BCUT2D eigenvalue weighted by Crippen LogP contribution is -2.18. The van der Waals surface area contributed by atoms with E-state index in [0.717, 1.165) is 31.4 Å². The van der Waals surface area contributed by atoms with Gasteiger partial charge in [-0.1, -0.05) is 6.92 Å². The van der Waals surface area contributed by atoms with Crippen LogP contribution in [0.1, 0.15) is 42.2 Å². The molecule has 1 aliphatic carbocycles. The fraction of sp³-hybridized carbons (Fsp3) is 0.571. The first-order valence-corrected chi connectivity index (χ1v) is 6.66. The highest BCUT2D eigenvalue weighted by molar-refractivity contribution is 5.88. The Hall–Kier alpha value is -1.62. The molecule has 2 atom stereocenters. The molecule has 0 amide bonds. The molecule has 0 bridgehead atoms. The summed E-state index contributed by atoms with van der Waals surface area (Å²) in [5.41, 5.74) is 1.08. The average Bonchev–Trinajstić information content (AvgIpc) is 2.85. The maximum atomic E-state index is 11.1. The van der Waals surface area contributed by atoms with Crippen molar-refractivity contribution in [1.29, 1.82) is 0 Å². The number of hydrogen-bond donors (Lipinski definition) is 2. The summed E-state index contributed by atoms with van der Waals surface area (Å²) in [6, 6.07) is 3.54. The molecule has 2 unspecified atom stereocenters. The van der Waals surface area contributed by atoms with Gasteiger partial charge in [-0.05, 0) is 37.8 Å². The number of pyridine rings is 1. The maximum Gasteiger partial charge on any atom is 0.335 e. The molecule has 1 aliphatic rings. The Labute approximate surface area is 113 Å². The van der Waals surface area contributed by atoms with Crippen LogP contribution < -0.4 is 5.32 Å². The topological polar surface area (TPSA) is 71.5 Å². The van der Waals surface area contributed by atoms with Gasteiger partial charge in [-0.3, -0.25) is 0 Å². The first-order valence-electron chi connectivity index (χ1n) is 6.66. The molecule has 0 saturated heterocycles. The summed E-state index contributed by atoms with van der Waals surface area (Å²) in [6.07, 6.45) is 4.02. The number of hydrogen-bond acceptors (Lipinski definition) is 4. The van der Waals surface area contributed by atoms with Gasteiger partial charge in [-0.25, -0.2) is 9.78 Å². The summed E-state index contributed by atoms with van der Waals surface area (Å²) in [5.74, 6) is -0.264. The predicted molar refractivity (Wildman–Crippen MR) is 72.6 cm³/mol. The van der Waals surface area contributed by atoms with Crippen molar-refractivity contribution in [1.82, 2.24) is 4.98 Å². The monoisotopic (exact) mass is 264 g/mol. The van der Waals surface area contributed by atoms with Gasteiger partial charge in [0.15, 0.2) is 0 Å². The van der Waals surface area contributed by atoms with Gasteiger partial charge >= 0.3 is 5.97 Å². The highest BCUT2D eigenvalue weighted by atomic mass is 16.5. The van der Waals surface area contributed by atoms with Crippen molar-refractivity contribution < 1.29 is 14.6 Å². The van der Waals surface area contributed by atoms with Crippen LogP contribution in [-0.4, -0.2) is 35.3 Å². The van der Waals surface area contributed by atoms with Crippen molar-refractivity contribution in [2.45, 2.75) is 44.8 Å². The Kier molecular flexibility index (Phi) is 4.37. The largest absolute Gasteiger partial charge is 0.478 e. The average molecular weight is 264 g/mol. The zero-order valence-electron chi connectivity index (χ0n) is 11.3. The van der Waals surface area contributed by atoms with Gasteiger partial charge in [0.05, 0.1) is 11.7 Å². The Bertz CT molecular complexity index is 462. The molecule has 1 fully saturated rings. The number of carboxylic acids is 1. The van der Waals surface area contributed by atoms with Crippen molar-refractivity contribution in [3.63, 3.8) is 0 Å². The second-order valence-corrected chi connectivity index (χ2v) is 4.90. The molecule has 1 heterocycles. The van der Waals surface area contributed by atoms with Gasteiger partial charge in [0.25, 0.3) is 0 Å². The third kappa shape index (κ3) is 3.44. The lowest BCUT2D eigenvalue weighted by molar-refractivity contribution is 0.0696. The summed E-state index contributed by atoms with van der Waals surface area (Å²) >= 11 is 0. The summed E-state index contributed by atoms with van der Waals surface area (Å²) in [5, 5.41) is 12.4. The van der Waals surface area contributed by atoms with Gasteiger partial charge in [0.1, 0.15) is 5.82 Å². The minimum Gasteiger partial charge on any atom is -0.478 e. The van der Waals surface area contributed by atoms with Crippen LogP contribution in [0.25, 0.3) is 0 Å². The fourth-order valence-corrected chi connectivity index (χ4v) is 2.46. The number of ether oxygens (including phenoxy) is 1. The number of aryl methyl sites for hydroxylation is 1. The quantitative estimate of drug-likeness (QED) is 0.854. The molecule has 19 heavy (non-hydrogen) atoms. The van der Waals surface area contributed by atoms with Crippen LogP contribution in [0.3, 0.4) is 0 Å². The molecular weight excluding hydrogens is 244 g/mol. The molecule has 0 spiro atoms. The number of anilines is 1. The zero-order valence-corrected chi connectivity index (χ0v) is 11.3. The van der Waals surface area contributed by atoms with Crippen molar-refractivity contribution in [2.24, 2.45) is 0 Å². The third-order valence-corrected chi connectivity index (χ3v) is 3.56. The number of aromatic carboxylic acids is 1. The van der Waals surface area contributed by atoms with Crippen LogP contribution in [0.4, 0.5) is 5.82 Å². The van der Waals surface area contributed by atoms with Crippen molar-refractivity contribution in [2.75, 3.05) is 12.4 Å². The van der Waals surface area contributed by atoms with Crippen LogP contribution in [0.5, 0.6) is 0 Å². The second-order valence-electron chi connectivity index (χ2n) is 4.90. The summed E-state index contributed by atoms with van der Waals surface area (Å²) < 4.78 is 5.33. The molecule has 104 valence electrons. The van der Waals surface area contributed by atoms with E-state index >= 15 is 0 Å². The van der Waals surface area contributed by atoms with Crippen molar-refractivity contribution in [3.05, 3.63) is 23.4 Å². The molecule has 5 nitrogen and oxygen atoms in total. The summed E-state index contributed by atoms with van der Waals surface area (Å²) in [4.78, 5) is 15.5. The molecule has 1 saturated carbocycles. The SMILES string of the molecule is CCc1cc(C(=O)O)cc(NC2CCC(OC)C2)n1. The van der Waals surface area contributed by atoms with E-state index in [1.165, 1.54) is 0 Å². The zero-order chi connectivity index (χ0) is 13.8. The fourth-order valence-electron chi connectivity index (χ4n) is 2.46. The predicted octanol–water partition coefficient (Wildman–Crippen LogP) is 2.32. The molecular formula is C14H20N2O3. The smallest absolute Gasteiger partial charge is 0.335 e. The summed E-state index contributed by atoms with van der Waals surface area (Å²) in [6.45, 7) is 1.97. The lowest BCUT2D eigenvalue weighted by Gasteiger charge is -2.14. The van der Waals surface area contributed by atoms with E-state index in [0.29, 0.717) is 18.0 Å². The molecule has 0 aliphatic heterocycles. The van der Waals surface area contributed by atoms with Gasteiger partial charge in [-0.15, -0.1) is 0 Å². The van der Waals surface area contributed by atoms with Crippen LogP contribution >= 0.6 is 0 Å². The van der Waals surface area contributed by atoms with Crippen LogP contribution in [0.15, 0.2) is 12.1 Å². The normalized spacial score (nSPS) is 22.4. The first kappa shape index (κ1) is 13.8. The Morgan fingerprint density at radius 2 is 2.32 bits per heavy atom. The Morgan fingerprint density at radius 3 is 2.89 bits per heavy atom. The van der Waals surface area contributed by atoms with Gasteiger partial charge in [-0.2, -0.15) is 0 Å².